The van der Waals surface area contributed by atoms with E-state index in [1.54, 1.807) is 17.6 Å². The standard InChI is InChI=1S/C31H35N7O5S/c1-7-37(18-28(40)42-8-2)23-11-12-25(21(5)16-23)34-31-29(22(6)39)24(17-32)30-36-35-27(38(30)31)13-14-33-44(41)43-26-15-19(3)9-10-20(26)4/h9-12,15-16,33H,7-8,13-14,18H2,1-6H3. The van der Waals surface area contributed by atoms with Gasteiger partial charge in [-0.2, -0.15) is 9.47 Å². The van der Waals surface area contributed by atoms with Crippen LogP contribution in [-0.4, -0.2) is 62.8 Å². The van der Waals surface area contributed by atoms with Gasteiger partial charge in [-0.05, 0) is 82.5 Å². The lowest BCUT2D eigenvalue weighted by atomic mass is 10.1. The molecular weight excluding hydrogens is 582 g/mol. The van der Waals surface area contributed by atoms with E-state index in [0.717, 1.165) is 22.4 Å². The molecule has 0 fully saturated rings. The Morgan fingerprint density at radius 2 is 1.89 bits per heavy atom. The van der Waals surface area contributed by atoms with Crippen LogP contribution in [0.4, 0.5) is 11.4 Å². The summed E-state index contributed by atoms with van der Waals surface area (Å²) in [4.78, 5) is 31.6. The zero-order chi connectivity index (χ0) is 32.0. The predicted octanol–water partition coefficient (Wildman–Crippen LogP) is 3.84. The van der Waals surface area contributed by atoms with Crippen molar-refractivity contribution in [2.45, 2.75) is 48.0 Å². The lowest BCUT2D eigenvalue weighted by Gasteiger charge is -2.22. The summed E-state index contributed by atoms with van der Waals surface area (Å²) in [5, 5.41) is 18.4. The normalized spacial score (nSPS) is 13.9. The molecule has 1 unspecified atom stereocenters. The van der Waals surface area contributed by atoms with Gasteiger partial charge in [-0.25, -0.2) is 9.71 Å². The number of benzene rings is 2. The first-order valence-electron chi connectivity index (χ1n) is 14.2. The summed E-state index contributed by atoms with van der Waals surface area (Å²) in [7, 11) is 0. The molecule has 230 valence electrons. The summed E-state index contributed by atoms with van der Waals surface area (Å²) in [5.41, 5.74) is 4.27. The van der Waals surface area contributed by atoms with E-state index in [9.17, 15) is 19.1 Å². The van der Waals surface area contributed by atoms with Gasteiger partial charge in [0.2, 0.25) is 0 Å². The van der Waals surface area contributed by atoms with Gasteiger partial charge in [0.15, 0.2) is 17.4 Å². The van der Waals surface area contributed by atoms with Gasteiger partial charge in [-0.1, -0.05) is 12.1 Å². The number of aromatic nitrogens is 3. The van der Waals surface area contributed by atoms with Crippen LogP contribution >= 0.6 is 0 Å². The fourth-order valence-electron chi connectivity index (χ4n) is 4.72. The van der Waals surface area contributed by atoms with E-state index in [0.29, 0.717) is 30.4 Å². The van der Waals surface area contributed by atoms with Crippen LogP contribution in [0.15, 0.2) is 47.0 Å². The number of hydrogen-bond donors (Lipinski definition) is 1. The molecule has 0 radical (unpaired) electrons. The van der Waals surface area contributed by atoms with Gasteiger partial charge < -0.3 is 13.8 Å². The highest BCUT2D eigenvalue weighted by Crippen LogP contribution is 2.32. The highest BCUT2D eigenvalue weighted by Gasteiger charge is 2.35. The van der Waals surface area contributed by atoms with E-state index < -0.39 is 11.3 Å². The van der Waals surface area contributed by atoms with Crippen LogP contribution in [0.25, 0.3) is 5.57 Å². The highest BCUT2D eigenvalue weighted by atomic mass is 32.2. The van der Waals surface area contributed by atoms with E-state index in [4.69, 9.17) is 13.9 Å². The van der Waals surface area contributed by atoms with Crippen LogP contribution in [0.5, 0.6) is 5.75 Å². The molecule has 0 spiro atoms. The number of nitrogens with one attached hydrogen (secondary N) is 1. The Hall–Kier alpha value is -4.67. The van der Waals surface area contributed by atoms with Crippen molar-refractivity contribution in [2.75, 3.05) is 31.1 Å². The van der Waals surface area contributed by atoms with Gasteiger partial charge in [-0.3, -0.25) is 14.2 Å². The molecule has 44 heavy (non-hydrogen) atoms. The molecule has 1 aromatic heterocycles. The second kappa shape index (κ2) is 14.2. The van der Waals surface area contributed by atoms with E-state index in [2.05, 4.69) is 21.0 Å². The number of aryl methyl sites for hydroxylation is 3. The van der Waals surface area contributed by atoms with Gasteiger partial charge in [0.1, 0.15) is 29.8 Å². The Bertz CT molecular complexity index is 1720. The van der Waals surface area contributed by atoms with Crippen molar-refractivity contribution in [3.05, 3.63) is 70.3 Å². The summed E-state index contributed by atoms with van der Waals surface area (Å²) >= 11 is -1.82. The van der Waals surface area contributed by atoms with Crippen LogP contribution in [-0.2, 0) is 32.0 Å². The van der Waals surface area contributed by atoms with Crippen molar-refractivity contribution in [1.82, 2.24) is 19.5 Å². The maximum atomic E-state index is 12.8. The minimum absolute atomic E-state index is 0.0886. The first kappa shape index (κ1) is 32.2. The van der Waals surface area contributed by atoms with Crippen molar-refractivity contribution in [2.24, 2.45) is 4.99 Å². The van der Waals surface area contributed by atoms with Crippen molar-refractivity contribution in [3.63, 3.8) is 0 Å². The molecule has 0 amide bonds. The van der Waals surface area contributed by atoms with Crippen molar-refractivity contribution >= 4 is 45.8 Å². The number of nitriles is 1. The number of rotatable bonds is 13. The van der Waals surface area contributed by atoms with Crippen LogP contribution in [0.1, 0.15) is 49.1 Å². The van der Waals surface area contributed by atoms with E-state index in [-0.39, 0.29) is 54.1 Å². The highest BCUT2D eigenvalue weighted by molar-refractivity contribution is 7.78. The molecule has 2 heterocycles. The number of hydrogen-bond acceptors (Lipinski definition) is 10. The number of carbonyl (C=O) groups excluding carboxylic acids is 2. The number of esters is 1. The van der Waals surface area contributed by atoms with E-state index in [1.807, 2.05) is 62.9 Å². The number of likely N-dealkylation sites (N-methyl/N-ethyl adjacent to an activating group) is 1. The molecule has 1 atom stereocenters. The number of Topliss-reactive ketones (excluding diaryl/α,β-unsaturated/α-hetero) is 1. The fraction of sp³-hybridized carbons (Fsp3) is 0.355. The second-order valence-electron chi connectivity index (χ2n) is 10.1. The number of anilines is 1. The smallest absolute Gasteiger partial charge is 0.325 e. The number of ketones is 1. The predicted molar refractivity (Wildman–Crippen MR) is 168 cm³/mol. The number of aliphatic imine (C=N–C) groups is 1. The summed E-state index contributed by atoms with van der Waals surface area (Å²) in [6, 6.07) is 13.3. The molecule has 0 saturated heterocycles. The lowest BCUT2D eigenvalue weighted by molar-refractivity contribution is -0.141. The quantitative estimate of drug-likeness (QED) is 0.282. The molecule has 0 saturated carbocycles. The van der Waals surface area contributed by atoms with Crippen molar-refractivity contribution in [1.29, 1.82) is 5.26 Å². The van der Waals surface area contributed by atoms with Crippen LogP contribution in [0.2, 0.25) is 0 Å². The molecule has 0 bridgehead atoms. The van der Waals surface area contributed by atoms with E-state index >= 15 is 0 Å². The third kappa shape index (κ3) is 7.10. The average Bonchev–Trinajstić information content (AvgIpc) is 3.53. The van der Waals surface area contributed by atoms with Gasteiger partial charge in [0.05, 0.1) is 17.9 Å². The third-order valence-corrected chi connectivity index (χ3v) is 7.73. The molecule has 2 aromatic carbocycles. The summed E-state index contributed by atoms with van der Waals surface area (Å²) < 4.78 is 27.7. The van der Waals surface area contributed by atoms with Crippen molar-refractivity contribution < 1.29 is 22.7 Å². The second-order valence-corrected chi connectivity index (χ2v) is 11.1. The molecule has 1 aliphatic heterocycles. The number of ether oxygens (including phenoxy) is 1. The Morgan fingerprint density at radius 1 is 1.11 bits per heavy atom. The SMILES string of the molecule is CCOC(=O)CN(CC)c1ccc(N=C2C(C(C)=O)=C(C#N)c3nnc(CCNS(=O)Oc4cc(C)ccc4C)n32)c(C)c1. The minimum atomic E-state index is -1.82. The van der Waals surface area contributed by atoms with Crippen LogP contribution in [0, 0.1) is 32.1 Å². The minimum Gasteiger partial charge on any atom is -0.465 e. The van der Waals surface area contributed by atoms with Gasteiger partial charge >= 0.3 is 5.97 Å². The summed E-state index contributed by atoms with van der Waals surface area (Å²) in [6.07, 6.45) is 0.259. The Balaban J connectivity index is 1.60. The topological polar surface area (TPSA) is 152 Å². The molecule has 4 rings (SSSR count). The van der Waals surface area contributed by atoms with Crippen molar-refractivity contribution in [3.8, 4) is 11.8 Å². The Labute approximate surface area is 259 Å². The molecule has 0 aliphatic carbocycles. The zero-order valence-corrected chi connectivity index (χ0v) is 26.4. The first-order chi connectivity index (χ1) is 21.1. The van der Waals surface area contributed by atoms with Gasteiger partial charge in [-0.15, -0.1) is 10.2 Å². The lowest BCUT2D eigenvalue weighted by Crippen LogP contribution is -2.30. The summed E-state index contributed by atoms with van der Waals surface area (Å²) in [6.45, 7) is 12.0. The van der Waals surface area contributed by atoms with Gasteiger partial charge in [0.25, 0.3) is 11.3 Å². The number of allylic oxidation sites excluding steroid dienone is 2. The first-order valence-corrected chi connectivity index (χ1v) is 15.3. The molecule has 13 heteroatoms. The number of fused-ring (bicyclic) bond motifs is 1. The van der Waals surface area contributed by atoms with Crippen LogP contribution in [0.3, 0.4) is 0 Å². The fourth-order valence-corrected chi connectivity index (χ4v) is 5.39. The third-order valence-electron chi connectivity index (χ3n) is 6.96. The molecule has 3 aromatic rings. The largest absolute Gasteiger partial charge is 0.465 e. The zero-order valence-electron chi connectivity index (χ0n) is 25.6. The summed E-state index contributed by atoms with van der Waals surface area (Å²) in [5.74, 6) is 0.766. The molecular formula is C31H35N7O5S. The van der Waals surface area contributed by atoms with Gasteiger partial charge in [0, 0.05) is 25.2 Å². The monoisotopic (exact) mass is 617 g/mol. The molecule has 12 nitrogen and oxygen atoms in total. The maximum Gasteiger partial charge on any atom is 0.325 e. The maximum absolute atomic E-state index is 12.8. The Kier molecular flexibility index (Phi) is 10.4. The van der Waals surface area contributed by atoms with E-state index in [1.165, 1.54) is 6.92 Å². The molecule has 1 aliphatic rings. The Morgan fingerprint density at radius 3 is 2.55 bits per heavy atom. The molecule has 1 N–H and O–H groups in total. The number of nitrogens with zero attached hydrogens (tertiary/aromatic N) is 6. The average molecular weight is 618 g/mol. The van der Waals surface area contributed by atoms with Crippen LogP contribution < -0.4 is 13.8 Å². The number of carbonyl (C=O) groups is 2.